The van der Waals surface area contributed by atoms with Crippen molar-refractivity contribution in [2.24, 2.45) is 0 Å². The fourth-order valence-electron chi connectivity index (χ4n) is 4.27. The number of rotatable bonds is 37. The van der Waals surface area contributed by atoms with E-state index in [9.17, 15) is 37.9 Å². The molecule has 0 bridgehead atoms. The minimum absolute atomic E-state index is 0.0142. The highest BCUT2D eigenvalue weighted by Gasteiger charge is 2.30. The number of phosphoric acid groups is 2. The standard InChI is InChI=1S/C36H62N2O20P2/c1-9-16-49-59(45,53-25-33(57-31(7)41)23-47-19-12-27(3)55-29(5)39)51-18-11-14-37-35(43)22-36(44)38-15-21-52-60(46,50-17-10-2)54-26-34(58-32(8)42)24-48-20-13-28(4)56-30(6)40/h9-10,27-28,33-34H,1-2,11-26H2,3-8H3,(H,37,43)(H,38,44). The lowest BCUT2D eigenvalue weighted by Gasteiger charge is -2.22. The fourth-order valence-corrected chi connectivity index (χ4v) is 6.66. The predicted molar refractivity (Wildman–Crippen MR) is 211 cm³/mol. The Morgan fingerprint density at radius 1 is 0.533 bits per heavy atom. The second-order valence-corrected chi connectivity index (χ2v) is 15.9. The molecule has 0 aliphatic carbocycles. The number of ether oxygens (including phenoxy) is 6. The smallest absolute Gasteiger partial charge is 0.463 e. The van der Waals surface area contributed by atoms with Gasteiger partial charge in [-0.05, 0) is 20.3 Å². The number of hydrogen-bond donors (Lipinski definition) is 2. The van der Waals surface area contributed by atoms with Gasteiger partial charge in [-0.25, -0.2) is 9.13 Å². The van der Waals surface area contributed by atoms with Crippen molar-refractivity contribution in [3.8, 4) is 0 Å². The Morgan fingerprint density at radius 2 is 0.933 bits per heavy atom. The van der Waals surface area contributed by atoms with Crippen LogP contribution in [-0.4, -0.2) is 139 Å². The quantitative estimate of drug-likeness (QED) is 0.0226. The van der Waals surface area contributed by atoms with Gasteiger partial charge in [0.2, 0.25) is 11.8 Å². The second kappa shape index (κ2) is 33.1. The summed E-state index contributed by atoms with van der Waals surface area (Å²) in [6.45, 7) is 13.3. The molecular formula is C36H62N2O20P2. The van der Waals surface area contributed by atoms with E-state index >= 15 is 0 Å². The normalized spacial score (nSPS) is 15.1. The Kier molecular flexibility index (Phi) is 31.1. The van der Waals surface area contributed by atoms with Gasteiger partial charge in [0.1, 0.15) is 30.8 Å². The Bertz CT molecular complexity index is 1430. The van der Waals surface area contributed by atoms with Crippen molar-refractivity contribution in [3.05, 3.63) is 25.3 Å². The molecule has 0 spiro atoms. The molecule has 6 atom stereocenters. The van der Waals surface area contributed by atoms with Crippen LogP contribution in [0.15, 0.2) is 25.3 Å². The molecule has 2 N–H and O–H groups in total. The summed E-state index contributed by atoms with van der Waals surface area (Å²) < 4.78 is 89.5. The molecule has 0 fully saturated rings. The lowest BCUT2D eigenvalue weighted by atomic mass is 10.3. The molecule has 0 aliphatic rings. The summed E-state index contributed by atoms with van der Waals surface area (Å²) in [5, 5.41) is 4.94. The molecule has 24 heteroatoms. The highest BCUT2D eigenvalue weighted by atomic mass is 31.2. The first-order valence-electron chi connectivity index (χ1n) is 19.0. The Morgan fingerprint density at radius 3 is 1.33 bits per heavy atom. The van der Waals surface area contributed by atoms with Crippen LogP contribution >= 0.6 is 15.6 Å². The van der Waals surface area contributed by atoms with Gasteiger partial charge in [0.25, 0.3) is 0 Å². The summed E-state index contributed by atoms with van der Waals surface area (Å²) in [5.74, 6) is -3.49. The minimum Gasteiger partial charge on any atom is -0.463 e. The predicted octanol–water partition coefficient (Wildman–Crippen LogP) is 3.27. The summed E-state index contributed by atoms with van der Waals surface area (Å²) in [5.41, 5.74) is 0. The topological polar surface area (TPSA) is 271 Å². The number of amides is 2. The van der Waals surface area contributed by atoms with E-state index in [4.69, 9.17) is 55.6 Å². The molecule has 346 valence electrons. The maximum absolute atomic E-state index is 13.2. The second-order valence-electron chi connectivity index (χ2n) is 12.6. The van der Waals surface area contributed by atoms with E-state index in [1.165, 1.54) is 39.8 Å². The number of phosphoric ester groups is 2. The number of esters is 4. The Balaban J connectivity index is 4.79. The zero-order chi connectivity index (χ0) is 45.4. The van der Waals surface area contributed by atoms with Crippen LogP contribution in [-0.2, 0) is 93.5 Å². The van der Waals surface area contributed by atoms with Gasteiger partial charge in [0, 0.05) is 53.6 Å². The van der Waals surface area contributed by atoms with E-state index in [2.05, 4.69) is 23.8 Å². The molecule has 60 heavy (non-hydrogen) atoms. The van der Waals surface area contributed by atoms with E-state index in [1.807, 2.05) is 0 Å². The maximum atomic E-state index is 13.2. The minimum atomic E-state index is -4.26. The molecule has 2 amide bonds. The first-order valence-corrected chi connectivity index (χ1v) is 21.9. The van der Waals surface area contributed by atoms with E-state index in [0.717, 1.165) is 0 Å². The van der Waals surface area contributed by atoms with Crippen molar-refractivity contribution in [2.75, 3.05) is 79.2 Å². The van der Waals surface area contributed by atoms with E-state index in [0.29, 0.717) is 12.8 Å². The molecule has 0 heterocycles. The molecule has 0 rings (SSSR count). The fraction of sp³-hybridized carbons (Fsp3) is 0.722. The van der Waals surface area contributed by atoms with Crippen molar-refractivity contribution in [1.29, 1.82) is 0 Å². The molecule has 6 unspecified atom stereocenters. The molecule has 0 aliphatic heterocycles. The zero-order valence-electron chi connectivity index (χ0n) is 35.3. The van der Waals surface area contributed by atoms with Crippen LogP contribution in [0.1, 0.15) is 67.2 Å². The molecule has 0 aromatic rings. The average molecular weight is 905 g/mol. The third kappa shape index (κ3) is 32.2. The summed E-state index contributed by atoms with van der Waals surface area (Å²) >= 11 is 0. The van der Waals surface area contributed by atoms with Crippen LogP contribution < -0.4 is 10.6 Å². The Hall–Kier alpha value is -3.56. The highest BCUT2D eigenvalue weighted by Crippen LogP contribution is 2.50. The third-order valence-corrected chi connectivity index (χ3v) is 9.63. The maximum Gasteiger partial charge on any atom is 0.475 e. The van der Waals surface area contributed by atoms with Gasteiger partial charge in [0.05, 0.1) is 66.1 Å². The van der Waals surface area contributed by atoms with E-state index in [-0.39, 0.29) is 72.4 Å². The average Bonchev–Trinajstić information content (AvgIpc) is 3.15. The van der Waals surface area contributed by atoms with Crippen LogP contribution in [0.3, 0.4) is 0 Å². The zero-order valence-corrected chi connectivity index (χ0v) is 37.0. The summed E-state index contributed by atoms with van der Waals surface area (Å²) in [7, 11) is -8.46. The highest BCUT2D eigenvalue weighted by molar-refractivity contribution is 7.48. The molecule has 0 saturated heterocycles. The van der Waals surface area contributed by atoms with Crippen molar-refractivity contribution in [3.63, 3.8) is 0 Å². The van der Waals surface area contributed by atoms with Gasteiger partial charge < -0.3 is 39.1 Å². The molecule has 0 radical (unpaired) electrons. The molecular weight excluding hydrogens is 842 g/mol. The first kappa shape index (κ1) is 56.4. The molecule has 0 aromatic heterocycles. The van der Waals surface area contributed by atoms with Crippen molar-refractivity contribution in [2.45, 2.75) is 91.6 Å². The lowest BCUT2D eigenvalue weighted by molar-refractivity contribution is -0.153. The van der Waals surface area contributed by atoms with Gasteiger partial charge in [-0.15, -0.1) is 13.2 Å². The summed E-state index contributed by atoms with van der Waals surface area (Å²) in [6.07, 6.45) is 0.160. The Labute approximate surface area is 351 Å². The van der Waals surface area contributed by atoms with Crippen molar-refractivity contribution >= 4 is 51.3 Å². The summed E-state index contributed by atoms with van der Waals surface area (Å²) in [6, 6.07) is 0. The third-order valence-electron chi connectivity index (χ3n) is 6.77. The van der Waals surface area contributed by atoms with Gasteiger partial charge in [0.15, 0.2) is 0 Å². The van der Waals surface area contributed by atoms with Gasteiger partial charge in [-0.3, -0.25) is 55.9 Å². The lowest BCUT2D eigenvalue weighted by Crippen LogP contribution is -2.34. The number of nitrogens with one attached hydrogen (secondary N) is 2. The SMILES string of the molecule is C=CCOP(=O)(OCCCNC(=O)CC(=O)NCCOP(=O)(OCC=C)OCC(COCCC(C)OC(C)=O)OC(C)=O)OCC(COCCC(C)OC(C)=O)OC(C)=O. The van der Waals surface area contributed by atoms with E-state index < -0.39 is 95.4 Å². The van der Waals surface area contributed by atoms with Crippen LogP contribution in [0.25, 0.3) is 0 Å². The van der Waals surface area contributed by atoms with Crippen LogP contribution in [0.4, 0.5) is 0 Å². The van der Waals surface area contributed by atoms with Gasteiger partial charge >= 0.3 is 39.5 Å². The monoisotopic (exact) mass is 904 g/mol. The van der Waals surface area contributed by atoms with Crippen LogP contribution in [0, 0.1) is 0 Å². The van der Waals surface area contributed by atoms with Crippen molar-refractivity contribution in [1.82, 2.24) is 10.6 Å². The number of hydrogen-bond acceptors (Lipinski definition) is 20. The first-order chi connectivity index (χ1) is 28.3. The molecule has 0 aromatic carbocycles. The van der Waals surface area contributed by atoms with Gasteiger partial charge in [-0.2, -0.15) is 0 Å². The van der Waals surface area contributed by atoms with Crippen LogP contribution in [0.5, 0.6) is 0 Å². The van der Waals surface area contributed by atoms with Crippen molar-refractivity contribution < 1.29 is 93.5 Å². The number of carbonyl (C=O) groups excluding carboxylic acids is 6. The summed E-state index contributed by atoms with van der Waals surface area (Å²) in [4.78, 5) is 70.0. The van der Waals surface area contributed by atoms with Crippen LogP contribution in [0.2, 0.25) is 0 Å². The molecule has 0 saturated carbocycles. The largest absolute Gasteiger partial charge is 0.475 e. The van der Waals surface area contributed by atoms with E-state index in [1.54, 1.807) is 13.8 Å². The number of carbonyl (C=O) groups is 6. The molecule has 22 nitrogen and oxygen atoms in total. The van der Waals surface area contributed by atoms with Gasteiger partial charge in [-0.1, -0.05) is 12.2 Å².